The summed E-state index contributed by atoms with van der Waals surface area (Å²) in [4.78, 5) is 21.1. The van der Waals surface area contributed by atoms with Crippen molar-refractivity contribution in [3.05, 3.63) is 47.7 Å². The topological polar surface area (TPSA) is 76.6 Å². The number of rotatable bonds is 5. The van der Waals surface area contributed by atoms with Crippen molar-refractivity contribution in [3.63, 3.8) is 0 Å². The summed E-state index contributed by atoms with van der Waals surface area (Å²) in [5.41, 5.74) is -0.727. The minimum Gasteiger partial charge on any atom is -0.274 e. The van der Waals surface area contributed by atoms with E-state index < -0.39 is 27.5 Å². The van der Waals surface area contributed by atoms with Gasteiger partial charge in [0.05, 0.1) is 29.0 Å². The molecule has 1 aromatic heterocycles. The molecule has 1 aromatic carbocycles. The second-order valence-electron chi connectivity index (χ2n) is 5.51. The van der Waals surface area contributed by atoms with Crippen LogP contribution in [-0.4, -0.2) is 44.3 Å². The molecule has 0 spiro atoms. The summed E-state index contributed by atoms with van der Waals surface area (Å²) < 4.78 is 62.6. The first-order valence-corrected chi connectivity index (χ1v) is 9.40. The van der Waals surface area contributed by atoms with Crippen molar-refractivity contribution in [2.45, 2.75) is 18.0 Å². The zero-order valence-electron chi connectivity index (χ0n) is 14.7. The lowest BCUT2D eigenvalue weighted by Gasteiger charge is -2.16. The molecule has 0 saturated carbocycles. The Morgan fingerprint density at radius 3 is 2.22 bits per heavy atom. The number of aromatic nitrogens is 1. The molecular weight excluding hydrogens is 385 g/mol. The first kappa shape index (κ1) is 20.8. The van der Waals surface area contributed by atoms with Gasteiger partial charge in [-0.15, -0.1) is 0 Å². The molecule has 1 heterocycles. The van der Waals surface area contributed by atoms with Gasteiger partial charge in [-0.05, 0) is 24.3 Å². The third kappa shape index (κ3) is 4.45. The number of benzene rings is 1. The number of amides is 1. The lowest BCUT2D eigenvalue weighted by Crippen LogP contribution is -2.28. The predicted molar refractivity (Wildman–Crippen MR) is 91.5 cm³/mol. The highest BCUT2D eigenvalue weighted by molar-refractivity contribution is 7.91. The molecule has 0 N–H and O–H groups in total. The van der Waals surface area contributed by atoms with E-state index in [4.69, 9.17) is 4.84 Å². The molecular formula is C17H17F3N2O4S. The number of hydroxylamine groups is 2. The van der Waals surface area contributed by atoms with Crippen LogP contribution in [0.3, 0.4) is 0 Å². The van der Waals surface area contributed by atoms with E-state index >= 15 is 0 Å². The molecule has 0 aliphatic rings. The van der Waals surface area contributed by atoms with Gasteiger partial charge in [-0.3, -0.25) is 9.63 Å². The maximum Gasteiger partial charge on any atom is 0.416 e. The van der Waals surface area contributed by atoms with E-state index in [2.05, 4.69) is 4.98 Å². The van der Waals surface area contributed by atoms with E-state index in [9.17, 15) is 26.4 Å². The Morgan fingerprint density at radius 1 is 1.15 bits per heavy atom. The number of halogens is 3. The first-order valence-electron chi connectivity index (χ1n) is 7.75. The number of pyridine rings is 1. The first-order chi connectivity index (χ1) is 12.5. The third-order valence-electron chi connectivity index (χ3n) is 3.84. The van der Waals surface area contributed by atoms with E-state index in [1.54, 1.807) is 0 Å². The maximum absolute atomic E-state index is 12.7. The molecule has 2 rings (SSSR count). The van der Waals surface area contributed by atoms with Crippen LogP contribution in [0, 0.1) is 0 Å². The zero-order valence-corrected chi connectivity index (χ0v) is 15.6. The monoisotopic (exact) mass is 402 g/mol. The average molecular weight is 402 g/mol. The summed E-state index contributed by atoms with van der Waals surface area (Å²) in [5.74, 6) is -1.04. The van der Waals surface area contributed by atoms with Crippen LogP contribution in [0.1, 0.15) is 23.0 Å². The van der Waals surface area contributed by atoms with Gasteiger partial charge in [0.25, 0.3) is 5.91 Å². The molecule has 0 bridgehead atoms. The lowest BCUT2D eigenvalue weighted by molar-refractivity contribution is -0.137. The van der Waals surface area contributed by atoms with Crippen LogP contribution >= 0.6 is 0 Å². The fourth-order valence-electron chi connectivity index (χ4n) is 2.23. The van der Waals surface area contributed by atoms with Crippen LogP contribution in [-0.2, 0) is 20.9 Å². The molecule has 6 nitrogen and oxygen atoms in total. The molecule has 0 fully saturated rings. The van der Waals surface area contributed by atoms with Gasteiger partial charge in [0.2, 0.25) is 0 Å². The highest BCUT2D eigenvalue weighted by Gasteiger charge is 2.30. The van der Waals surface area contributed by atoms with Crippen LogP contribution < -0.4 is 0 Å². The number of nitrogens with zero attached hydrogens (tertiary/aromatic N) is 2. The molecule has 0 radical (unpaired) electrons. The van der Waals surface area contributed by atoms with Crippen molar-refractivity contribution < 1.29 is 31.2 Å². The van der Waals surface area contributed by atoms with E-state index in [0.717, 1.165) is 17.2 Å². The van der Waals surface area contributed by atoms with Crippen molar-refractivity contribution in [1.82, 2.24) is 10.0 Å². The highest BCUT2D eigenvalue weighted by Crippen LogP contribution is 2.31. The summed E-state index contributed by atoms with van der Waals surface area (Å²) in [7, 11) is -1.24. The molecule has 0 atom stereocenters. The number of carbonyl (C=O) groups is 1. The quantitative estimate of drug-likeness (QED) is 0.718. The minimum absolute atomic E-state index is 0.159. The van der Waals surface area contributed by atoms with Gasteiger partial charge < -0.3 is 0 Å². The van der Waals surface area contributed by atoms with E-state index in [-0.39, 0.29) is 22.0 Å². The van der Waals surface area contributed by atoms with E-state index in [1.807, 2.05) is 0 Å². The molecule has 10 heteroatoms. The zero-order chi connectivity index (χ0) is 20.4. The van der Waals surface area contributed by atoms with Gasteiger partial charge >= 0.3 is 6.18 Å². The number of alkyl halides is 3. The molecule has 27 heavy (non-hydrogen) atoms. The number of sulfone groups is 1. The Morgan fingerprint density at radius 2 is 1.74 bits per heavy atom. The predicted octanol–water partition coefficient (Wildman–Crippen LogP) is 3.19. The van der Waals surface area contributed by atoms with Crippen LogP contribution in [0.25, 0.3) is 11.3 Å². The van der Waals surface area contributed by atoms with E-state index in [0.29, 0.717) is 5.56 Å². The van der Waals surface area contributed by atoms with Crippen LogP contribution in [0.4, 0.5) is 13.2 Å². The highest BCUT2D eigenvalue weighted by atomic mass is 32.2. The summed E-state index contributed by atoms with van der Waals surface area (Å²) in [6, 6.07) is 6.73. The fourth-order valence-corrected chi connectivity index (χ4v) is 3.24. The molecule has 2 aromatic rings. The number of hydrogen-bond donors (Lipinski definition) is 0. The van der Waals surface area contributed by atoms with Crippen molar-refractivity contribution >= 4 is 15.7 Å². The van der Waals surface area contributed by atoms with Gasteiger partial charge in [-0.1, -0.05) is 19.1 Å². The van der Waals surface area contributed by atoms with Gasteiger partial charge in [0.1, 0.15) is 5.69 Å². The largest absolute Gasteiger partial charge is 0.416 e. The molecule has 1 amide bonds. The average Bonchev–Trinajstić information content (AvgIpc) is 2.65. The Bertz CT molecular complexity index is 942. The summed E-state index contributed by atoms with van der Waals surface area (Å²) in [6.45, 7) is 1.42. The second-order valence-corrected chi connectivity index (χ2v) is 7.75. The Labute approximate surface area is 154 Å². The van der Waals surface area contributed by atoms with Crippen LogP contribution in [0.15, 0.2) is 41.3 Å². The molecule has 0 aliphatic carbocycles. The minimum atomic E-state index is -4.48. The summed E-state index contributed by atoms with van der Waals surface area (Å²) in [6.07, 6.45) is -4.48. The smallest absolute Gasteiger partial charge is 0.274 e. The lowest BCUT2D eigenvalue weighted by atomic mass is 10.1. The van der Waals surface area contributed by atoms with Crippen molar-refractivity contribution in [2.24, 2.45) is 0 Å². The Hall–Kier alpha value is -2.46. The Balaban J connectivity index is 2.59. The number of carbonyl (C=O) groups excluding carboxylic acids is 1. The van der Waals surface area contributed by atoms with Crippen LogP contribution in [0.2, 0.25) is 0 Å². The van der Waals surface area contributed by atoms with Crippen molar-refractivity contribution in [1.29, 1.82) is 0 Å². The van der Waals surface area contributed by atoms with Gasteiger partial charge in [-0.25, -0.2) is 18.5 Å². The second kappa shape index (κ2) is 7.65. The maximum atomic E-state index is 12.7. The van der Waals surface area contributed by atoms with Gasteiger partial charge in [-0.2, -0.15) is 13.2 Å². The standard InChI is InChI=1S/C17H17F3N2O4S/c1-4-27(24,25)14-10-9-13(21-15(14)16(23)22(2)26-3)11-5-7-12(8-6-11)17(18,19)20/h5-10H,4H2,1-3H3. The summed E-state index contributed by atoms with van der Waals surface area (Å²) in [5, 5.41) is 0.813. The van der Waals surface area contributed by atoms with Gasteiger partial charge in [0.15, 0.2) is 9.84 Å². The van der Waals surface area contributed by atoms with Crippen molar-refractivity contribution in [2.75, 3.05) is 19.9 Å². The third-order valence-corrected chi connectivity index (χ3v) is 5.60. The number of hydrogen-bond acceptors (Lipinski definition) is 5. The fraction of sp³-hybridized carbons (Fsp3) is 0.294. The van der Waals surface area contributed by atoms with Crippen LogP contribution in [0.5, 0.6) is 0 Å². The SMILES string of the molecule is CCS(=O)(=O)c1ccc(-c2ccc(C(F)(F)F)cc2)nc1C(=O)N(C)OC. The molecule has 0 aliphatic heterocycles. The summed E-state index contributed by atoms with van der Waals surface area (Å²) >= 11 is 0. The van der Waals surface area contributed by atoms with E-state index in [1.165, 1.54) is 45.3 Å². The molecule has 0 saturated heterocycles. The van der Waals surface area contributed by atoms with Crippen molar-refractivity contribution in [3.8, 4) is 11.3 Å². The molecule has 146 valence electrons. The van der Waals surface area contributed by atoms with Gasteiger partial charge in [0, 0.05) is 12.6 Å². The molecule has 0 unspecified atom stereocenters. The normalized spacial score (nSPS) is 12.1. The Kier molecular flexibility index (Phi) is 5.91.